The van der Waals surface area contributed by atoms with Crippen LogP contribution in [0.5, 0.6) is 0 Å². The van der Waals surface area contributed by atoms with Crippen LogP contribution in [0.1, 0.15) is 37.2 Å². The van der Waals surface area contributed by atoms with E-state index in [9.17, 15) is 23.3 Å². The molecule has 0 spiro atoms. The number of hydrogen-bond acceptors (Lipinski definition) is 6. The Hall–Kier alpha value is -2.72. The molecule has 0 bridgehead atoms. The third-order valence-electron chi connectivity index (χ3n) is 4.82. The van der Waals surface area contributed by atoms with Gasteiger partial charge in [0.25, 0.3) is 5.91 Å². The second-order valence-corrected chi connectivity index (χ2v) is 9.38. The van der Waals surface area contributed by atoms with Crippen molar-refractivity contribution in [1.82, 2.24) is 4.31 Å². The number of rotatable bonds is 5. The molecular weight excluding hydrogens is 386 g/mol. The average molecular weight is 407 g/mol. The summed E-state index contributed by atoms with van der Waals surface area (Å²) in [7, 11) is -3.59. The van der Waals surface area contributed by atoms with Crippen LogP contribution in [-0.2, 0) is 10.0 Å². The molecular formula is C18H21N3O6S. The molecule has 1 saturated heterocycles. The Morgan fingerprint density at radius 2 is 1.75 bits per heavy atom. The summed E-state index contributed by atoms with van der Waals surface area (Å²) in [6.07, 6.45) is 1.60. The average Bonchev–Trinajstić information content (AvgIpc) is 3.12. The van der Waals surface area contributed by atoms with Gasteiger partial charge in [-0.25, -0.2) is 8.42 Å². The zero-order chi connectivity index (χ0) is 20.5. The second kappa shape index (κ2) is 7.36. The molecule has 0 saturated carbocycles. The SMILES string of the molecule is CC1(C)CCN(S(=O)(=O)c2ccc(NC(=O)c3ccc([N+](=O)[O-])o3)cc2)CC1. The van der Waals surface area contributed by atoms with Gasteiger partial charge < -0.3 is 9.73 Å². The fraction of sp³-hybridized carbons (Fsp3) is 0.389. The molecule has 0 radical (unpaired) electrons. The van der Waals surface area contributed by atoms with Crippen molar-refractivity contribution in [3.63, 3.8) is 0 Å². The normalized spacial score (nSPS) is 17.2. The van der Waals surface area contributed by atoms with E-state index in [0.29, 0.717) is 18.8 Å². The summed E-state index contributed by atoms with van der Waals surface area (Å²) in [5.74, 6) is -1.41. The first-order chi connectivity index (χ1) is 13.1. The number of carbonyl (C=O) groups excluding carboxylic acids is 1. The molecule has 0 atom stereocenters. The molecule has 9 nitrogen and oxygen atoms in total. The maximum atomic E-state index is 12.8. The molecule has 2 heterocycles. The lowest BCUT2D eigenvalue weighted by atomic mass is 9.83. The van der Waals surface area contributed by atoms with Gasteiger partial charge in [0.05, 0.1) is 11.0 Å². The Morgan fingerprint density at radius 3 is 2.29 bits per heavy atom. The molecule has 1 fully saturated rings. The van der Waals surface area contributed by atoms with Gasteiger partial charge in [0.1, 0.15) is 4.92 Å². The van der Waals surface area contributed by atoms with Crippen LogP contribution in [-0.4, -0.2) is 36.6 Å². The van der Waals surface area contributed by atoms with Crippen LogP contribution in [0.15, 0.2) is 45.7 Å². The molecule has 1 aromatic carbocycles. The molecule has 10 heteroatoms. The van der Waals surface area contributed by atoms with Crippen molar-refractivity contribution < 1.29 is 22.6 Å². The van der Waals surface area contributed by atoms with Crippen molar-refractivity contribution >= 4 is 27.5 Å². The van der Waals surface area contributed by atoms with Crippen LogP contribution < -0.4 is 5.32 Å². The quantitative estimate of drug-likeness (QED) is 0.599. The van der Waals surface area contributed by atoms with Gasteiger partial charge in [0.15, 0.2) is 5.76 Å². The lowest BCUT2D eigenvalue weighted by molar-refractivity contribution is -0.402. The zero-order valence-electron chi connectivity index (χ0n) is 15.5. The molecule has 0 unspecified atom stereocenters. The third kappa shape index (κ3) is 4.23. The Balaban J connectivity index is 1.69. The van der Waals surface area contributed by atoms with Crippen molar-refractivity contribution in [2.75, 3.05) is 18.4 Å². The summed E-state index contributed by atoms with van der Waals surface area (Å²) in [6.45, 7) is 5.21. The largest absolute Gasteiger partial charge is 0.433 e. The third-order valence-corrected chi connectivity index (χ3v) is 6.73. The minimum absolute atomic E-state index is 0.140. The van der Waals surface area contributed by atoms with Crippen molar-refractivity contribution in [2.24, 2.45) is 5.41 Å². The van der Waals surface area contributed by atoms with Gasteiger partial charge in [0.2, 0.25) is 10.0 Å². The summed E-state index contributed by atoms with van der Waals surface area (Å²) < 4.78 is 31.9. The highest BCUT2D eigenvalue weighted by atomic mass is 32.2. The van der Waals surface area contributed by atoms with Gasteiger partial charge in [-0.2, -0.15) is 4.31 Å². The molecule has 1 N–H and O–H groups in total. The highest BCUT2D eigenvalue weighted by Gasteiger charge is 2.32. The highest BCUT2D eigenvalue weighted by molar-refractivity contribution is 7.89. The van der Waals surface area contributed by atoms with Crippen LogP contribution in [0.25, 0.3) is 0 Å². The Kier molecular flexibility index (Phi) is 5.26. The number of sulfonamides is 1. The van der Waals surface area contributed by atoms with Gasteiger partial charge >= 0.3 is 5.88 Å². The molecule has 1 aliphatic heterocycles. The predicted octanol–water partition coefficient (Wildman–Crippen LogP) is 3.25. The maximum Gasteiger partial charge on any atom is 0.433 e. The van der Waals surface area contributed by atoms with E-state index in [1.165, 1.54) is 34.6 Å². The first-order valence-electron chi connectivity index (χ1n) is 8.74. The molecule has 3 rings (SSSR count). The first-order valence-corrected chi connectivity index (χ1v) is 10.2. The Bertz CT molecular complexity index is 985. The summed E-state index contributed by atoms with van der Waals surface area (Å²) >= 11 is 0. The standard InChI is InChI=1S/C18H21N3O6S/c1-18(2)9-11-20(12-10-18)28(25,26)14-5-3-13(4-6-14)19-17(22)15-7-8-16(27-15)21(23)24/h3-8H,9-12H2,1-2H3,(H,19,22). The first kappa shape index (κ1) is 20.0. The Labute approximate surface area is 162 Å². The summed E-state index contributed by atoms with van der Waals surface area (Å²) in [5, 5.41) is 13.1. The van der Waals surface area contributed by atoms with Gasteiger partial charge in [-0.1, -0.05) is 13.8 Å². The van der Waals surface area contributed by atoms with E-state index in [1.807, 2.05) is 0 Å². The van der Waals surface area contributed by atoms with E-state index in [0.717, 1.165) is 18.9 Å². The van der Waals surface area contributed by atoms with Crippen molar-refractivity contribution in [3.8, 4) is 0 Å². The number of furan rings is 1. The molecule has 150 valence electrons. The minimum Gasteiger partial charge on any atom is -0.395 e. The summed E-state index contributed by atoms with van der Waals surface area (Å²) in [5.41, 5.74) is 0.490. The van der Waals surface area contributed by atoms with Crippen molar-refractivity contribution in [1.29, 1.82) is 0 Å². The fourth-order valence-corrected chi connectivity index (χ4v) is 4.37. The van der Waals surface area contributed by atoms with Gasteiger partial charge in [-0.3, -0.25) is 14.9 Å². The van der Waals surface area contributed by atoms with Crippen molar-refractivity contribution in [3.05, 3.63) is 52.3 Å². The van der Waals surface area contributed by atoms with Crippen LogP contribution >= 0.6 is 0 Å². The van der Waals surface area contributed by atoms with Gasteiger partial charge in [-0.05, 0) is 48.6 Å². The van der Waals surface area contributed by atoms with E-state index in [4.69, 9.17) is 4.42 Å². The number of nitrogens with one attached hydrogen (secondary N) is 1. The molecule has 2 aromatic rings. The molecule has 1 amide bonds. The number of hydrogen-bond donors (Lipinski definition) is 1. The molecule has 1 aromatic heterocycles. The molecule has 0 aliphatic carbocycles. The number of carbonyl (C=O) groups is 1. The van der Waals surface area contributed by atoms with E-state index >= 15 is 0 Å². The van der Waals surface area contributed by atoms with Crippen LogP contribution in [0.4, 0.5) is 11.6 Å². The van der Waals surface area contributed by atoms with E-state index in [-0.39, 0.29) is 16.1 Å². The fourth-order valence-electron chi connectivity index (χ4n) is 2.93. The van der Waals surface area contributed by atoms with E-state index in [2.05, 4.69) is 19.2 Å². The van der Waals surface area contributed by atoms with Gasteiger partial charge in [0, 0.05) is 18.8 Å². The zero-order valence-corrected chi connectivity index (χ0v) is 16.4. The number of nitrogens with zero attached hydrogens (tertiary/aromatic N) is 2. The maximum absolute atomic E-state index is 12.8. The second-order valence-electron chi connectivity index (χ2n) is 7.44. The number of anilines is 1. The number of nitro groups is 1. The number of piperidine rings is 1. The lowest BCUT2D eigenvalue weighted by Gasteiger charge is -2.36. The monoisotopic (exact) mass is 407 g/mol. The minimum atomic E-state index is -3.59. The van der Waals surface area contributed by atoms with Crippen LogP contribution in [0, 0.1) is 15.5 Å². The lowest BCUT2D eigenvalue weighted by Crippen LogP contribution is -2.41. The van der Waals surface area contributed by atoms with E-state index in [1.54, 1.807) is 0 Å². The van der Waals surface area contributed by atoms with E-state index < -0.39 is 26.7 Å². The topological polar surface area (TPSA) is 123 Å². The van der Waals surface area contributed by atoms with Gasteiger partial charge in [-0.15, -0.1) is 0 Å². The number of amides is 1. The smallest absolute Gasteiger partial charge is 0.395 e. The van der Waals surface area contributed by atoms with Crippen LogP contribution in [0.2, 0.25) is 0 Å². The molecule has 28 heavy (non-hydrogen) atoms. The van der Waals surface area contributed by atoms with Crippen molar-refractivity contribution in [2.45, 2.75) is 31.6 Å². The molecule has 1 aliphatic rings. The summed E-state index contributed by atoms with van der Waals surface area (Å²) in [6, 6.07) is 8.07. The summed E-state index contributed by atoms with van der Waals surface area (Å²) in [4.78, 5) is 22.1. The highest BCUT2D eigenvalue weighted by Crippen LogP contribution is 2.32. The predicted molar refractivity (Wildman–Crippen MR) is 102 cm³/mol. The Morgan fingerprint density at radius 1 is 1.14 bits per heavy atom. The number of benzene rings is 1. The van der Waals surface area contributed by atoms with Crippen LogP contribution in [0.3, 0.4) is 0 Å².